The van der Waals surface area contributed by atoms with Gasteiger partial charge in [0.1, 0.15) is 12.4 Å². The summed E-state index contributed by atoms with van der Waals surface area (Å²) in [6, 6.07) is 5.98. The van der Waals surface area contributed by atoms with Gasteiger partial charge >= 0.3 is 0 Å². The molecule has 2 N–H and O–H groups in total. The zero-order valence-electron chi connectivity index (χ0n) is 22.4. The van der Waals surface area contributed by atoms with Crippen molar-refractivity contribution >= 4 is 11.6 Å². The number of hydrogen-bond acceptors (Lipinski definition) is 4. The van der Waals surface area contributed by atoms with Crippen LogP contribution >= 0.6 is 11.6 Å². The van der Waals surface area contributed by atoms with E-state index in [1.807, 2.05) is 18.2 Å². The Bertz CT molecular complexity index is 965. The summed E-state index contributed by atoms with van der Waals surface area (Å²) in [6.07, 6.45) is 12.3. The standard InChI is InChI=1S/C31H46ClNO3/c1-29-13-12-25-23(24(29)8-10-28(29)34)7-5-21-11-14-31(35,20-30(21,25)2)22-6-9-26(32)27(19-22)36-18-17-33-15-3-4-16-33/h6,9,19,21,23-25,28,34-35H,3-5,7-8,10-18,20H2,1-2H3/t21?,23-,24-,25+,28?,29-,30-,31?/m0/s1. The van der Waals surface area contributed by atoms with Crippen molar-refractivity contribution in [2.45, 2.75) is 96.2 Å². The zero-order chi connectivity index (χ0) is 25.1. The quantitative estimate of drug-likeness (QED) is 0.476. The van der Waals surface area contributed by atoms with E-state index in [2.05, 4.69) is 18.7 Å². The monoisotopic (exact) mass is 515 g/mol. The molecule has 0 amide bonds. The van der Waals surface area contributed by atoms with Crippen molar-refractivity contribution in [2.75, 3.05) is 26.2 Å². The van der Waals surface area contributed by atoms with Crippen molar-refractivity contribution in [1.82, 2.24) is 4.90 Å². The average Bonchev–Trinajstić information content (AvgIpc) is 3.47. The summed E-state index contributed by atoms with van der Waals surface area (Å²) in [6.45, 7) is 8.75. The van der Waals surface area contributed by atoms with E-state index in [4.69, 9.17) is 16.3 Å². The molecule has 3 unspecified atom stereocenters. The van der Waals surface area contributed by atoms with E-state index in [0.717, 1.165) is 57.3 Å². The summed E-state index contributed by atoms with van der Waals surface area (Å²) in [5, 5.41) is 23.6. The fourth-order valence-corrected chi connectivity index (χ4v) is 10.0. The van der Waals surface area contributed by atoms with Crippen molar-refractivity contribution in [3.05, 3.63) is 28.8 Å². The van der Waals surface area contributed by atoms with Gasteiger partial charge in [0.25, 0.3) is 0 Å². The minimum absolute atomic E-state index is 0.104. The first-order valence-electron chi connectivity index (χ1n) is 14.8. The molecule has 5 aliphatic rings. The van der Waals surface area contributed by atoms with Crippen LogP contribution in [0.4, 0.5) is 0 Å². The molecule has 5 fully saturated rings. The fraction of sp³-hybridized carbons (Fsp3) is 0.806. The molecule has 4 aliphatic carbocycles. The predicted octanol–water partition coefficient (Wildman–Crippen LogP) is 6.41. The summed E-state index contributed by atoms with van der Waals surface area (Å²) in [5.41, 5.74) is 0.385. The second-order valence-corrected chi connectivity index (χ2v) is 14.0. The van der Waals surface area contributed by atoms with Crippen LogP contribution in [0.1, 0.15) is 90.0 Å². The Labute approximate surface area is 222 Å². The van der Waals surface area contributed by atoms with Gasteiger partial charge in [0.05, 0.1) is 16.7 Å². The highest BCUT2D eigenvalue weighted by Gasteiger charge is 2.61. The van der Waals surface area contributed by atoms with Gasteiger partial charge in [-0.1, -0.05) is 31.5 Å². The molecular weight excluding hydrogens is 470 g/mol. The maximum Gasteiger partial charge on any atom is 0.138 e. The number of fused-ring (bicyclic) bond motifs is 5. The predicted molar refractivity (Wildman–Crippen MR) is 144 cm³/mol. The smallest absolute Gasteiger partial charge is 0.138 e. The van der Waals surface area contributed by atoms with E-state index in [1.54, 1.807) is 0 Å². The second kappa shape index (κ2) is 9.43. The second-order valence-electron chi connectivity index (χ2n) is 13.6. The van der Waals surface area contributed by atoms with Gasteiger partial charge in [0, 0.05) is 6.54 Å². The maximum absolute atomic E-state index is 12.2. The van der Waals surface area contributed by atoms with E-state index in [0.29, 0.717) is 41.1 Å². The Balaban J connectivity index is 1.21. The lowest BCUT2D eigenvalue weighted by Crippen LogP contribution is -2.56. The van der Waals surface area contributed by atoms with Crippen molar-refractivity contribution < 1.29 is 14.9 Å². The van der Waals surface area contributed by atoms with Gasteiger partial charge < -0.3 is 14.9 Å². The summed E-state index contributed by atoms with van der Waals surface area (Å²) < 4.78 is 6.15. The number of aliphatic hydroxyl groups is 2. The molecule has 0 spiro atoms. The number of nitrogens with zero attached hydrogens (tertiary/aromatic N) is 1. The molecule has 4 saturated carbocycles. The highest BCUT2D eigenvalue weighted by atomic mass is 35.5. The number of aliphatic hydroxyl groups excluding tert-OH is 1. The lowest BCUT2D eigenvalue weighted by molar-refractivity contribution is -0.165. The molecule has 5 heteroatoms. The van der Waals surface area contributed by atoms with Crippen LogP contribution in [0.15, 0.2) is 18.2 Å². The van der Waals surface area contributed by atoms with E-state index in [1.165, 1.54) is 38.5 Å². The topological polar surface area (TPSA) is 52.9 Å². The van der Waals surface area contributed by atoms with Crippen molar-refractivity contribution in [3.63, 3.8) is 0 Å². The van der Waals surface area contributed by atoms with Crippen LogP contribution in [0.5, 0.6) is 5.75 Å². The summed E-state index contributed by atoms with van der Waals surface area (Å²) >= 11 is 6.54. The number of rotatable bonds is 5. The van der Waals surface area contributed by atoms with Gasteiger partial charge in [0.15, 0.2) is 0 Å². The number of likely N-dealkylation sites (tertiary alicyclic amines) is 1. The third-order valence-electron chi connectivity index (χ3n) is 11.9. The minimum atomic E-state index is -0.833. The largest absolute Gasteiger partial charge is 0.491 e. The van der Waals surface area contributed by atoms with Gasteiger partial charge in [-0.2, -0.15) is 0 Å². The van der Waals surface area contributed by atoms with E-state index in [-0.39, 0.29) is 16.9 Å². The molecule has 0 bridgehead atoms. The summed E-state index contributed by atoms with van der Waals surface area (Å²) in [4.78, 5) is 2.45. The molecule has 4 nitrogen and oxygen atoms in total. The van der Waals surface area contributed by atoms with Crippen molar-refractivity contribution in [2.24, 2.45) is 34.5 Å². The first-order valence-corrected chi connectivity index (χ1v) is 15.2. The van der Waals surface area contributed by atoms with Crippen LogP contribution in [-0.4, -0.2) is 47.5 Å². The van der Waals surface area contributed by atoms with Crippen LogP contribution in [-0.2, 0) is 5.60 Å². The molecule has 0 aromatic heterocycles. The van der Waals surface area contributed by atoms with Gasteiger partial charge in [-0.3, -0.25) is 4.90 Å². The van der Waals surface area contributed by atoms with Crippen molar-refractivity contribution in [1.29, 1.82) is 0 Å². The molecule has 1 aliphatic heterocycles. The van der Waals surface area contributed by atoms with E-state index in [9.17, 15) is 10.2 Å². The van der Waals surface area contributed by atoms with Gasteiger partial charge in [-0.15, -0.1) is 0 Å². The number of benzene rings is 1. The number of halogens is 1. The maximum atomic E-state index is 12.2. The Morgan fingerprint density at radius 3 is 2.56 bits per heavy atom. The SMILES string of the molecule is C[C@]12CC(O)(c3ccc(Cl)c(OCCN4CCCC4)c3)CCC1CC[C@@H]1[C@H]2CC[C@]2(C)C(O)CC[C@@H]12. The Morgan fingerprint density at radius 2 is 1.75 bits per heavy atom. The third-order valence-corrected chi connectivity index (χ3v) is 12.2. The van der Waals surface area contributed by atoms with E-state index < -0.39 is 5.60 Å². The molecule has 36 heavy (non-hydrogen) atoms. The molecule has 0 radical (unpaired) electrons. The van der Waals surface area contributed by atoms with Gasteiger partial charge in [0.2, 0.25) is 0 Å². The number of ether oxygens (including phenoxy) is 1. The first kappa shape index (κ1) is 25.5. The Morgan fingerprint density at radius 1 is 0.972 bits per heavy atom. The molecule has 1 saturated heterocycles. The van der Waals surface area contributed by atoms with Crippen molar-refractivity contribution in [3.8, 4) is 5.75 Å². The molecule has 1 heterocycles. The highest BCUT2D eigenvalue weighted by molar-refractivity contribution is 6.32. The molecule has 1 aromatic rings. The highest BCUT2D eigenvalue weighted by Crippen LogP contribution is 2.67. The lowest BCUT2D eigenvalue weighted by atomic mass is 9.43. The minimum Gasteiger partial charge on any atom is -0.491 e. The Hall–Kier alpha value is -0.810. The summed E-state index contributed by atoms with van der Waals surface area (Å²) in [7, 11) is 0. The van der Waals surface area contributed by atoms with E-state index >= 15 is 0 Å². The van der Waals surface area contributed by atoms with Crippen LogP contribution in [0.2, 0.25) is 5.02 Å². The van der Waals surface area contributed by atoms with Crippen LogP contribution in [0.3, 0.4) is 0 Å². The average molecular weight is 516 g/mol. The zero-order valence-corrected chi connectivity index (χ0v) is 23.1. The molecule has 200 valence electrons. The van der Waals surface area contributed by atoms with Gasteiger partial charge in [-0.05, 0) is 136 Å². The molecule has 8 atom stereocenters. The normalized spacial score (nSPS) is 44.6. The first-order chi connectivity index (χ1) is 17.2. The fourth-order valence-electron chi connectivity index (χ4n) is 9.83. The number of hydrogen-bond donors (Lipinski definition) is 2. The summed E-state index contributed by atoms with van der Waals surface area (Å²) in [5.74, 6) is 3.39. The molecule has 1 aromatic carbocycles. The Kier molecular flexibility index (Phi) is 6.67. The third kappa shape index (κ3) is 4.14. The van der Waals surface area contributed by atoms with Crippen LogP contribution in [0.25, 0.3) is 0 Å². The van der Waals surface area contributed by atoms with Crippen LogP contribution < -0.4 is 4.74 Å². The molecule has 6 rings (SSSR count). The molecular formula is C31H46ClNO3. The van der Waals surface area contributed by atoms with Crippen LogP contribution in [0, 0.1) is 34.5 Å². The lowest BCUT2D eigenvalue weighted by Gasteiger charge is -2.62. The van der Waals surface area contributed by atoms with Gasteiger partial charge in [-0.25, -0.2) is 0 Å².